The monoisotopic (exact) mass is 298 g/mol. The summed E-state index contributed by atoms with van der Waals surface area (Å²) >= 11 is 0. The number of benzene rings is 1. The van der Waals surface area contributed by atoms with Crippen LogP contribution >= 0.6 is 0 Å². The molecule has 5 heteroatoms. The molecule has 1 aromatic heterocycles. The van der Waals surface area contributed by atoms with E-state index in [0.717, 1.165) is 12.8 Å². The molecule has 114 valence electrons. The SMILES string of the molecule is CN(C(=O)CNC(=O)c1ccco1)[C@@H]1CCc2ccccc21. The van der Waals surface area contributed by atoms with Crippen LogP contribution in [0.1, 0.15) is 34.1 Å². The van der Waals surface area contributed by atoms with Gasteiger partial charge in [-0.25, -0.2) is 0 Å². The van der Waals surface area contributed by atoms with Crippen molar-refractivity contribution in [3.63, 3.8) is 0 Å². The van der Waals surface area contributed by atoms with Gasteiger partial charge >= 0.3 is 0 Å². The Balaban J connectivity index is 1.60. The number of hydrogen-bond acceptors (Lipinski definition) is 3. The highest BCUT2D eigenvalue weighted by Crippen LogP contribution is 2.34. The molecule has 1 aliphatic rings. The first-order valence-electron chi connectivity index (χ1n) is 7.32. The van der Waals surface area contributed by atoms with Gasteiger partial charge in [0.1, 0.15) is 0 Å². The van der Waals surface area contributed by atoms with Crippen molar-refractivity contribution >= 4 is 11.8 Å². The van der Waals surface area contributed by atoms with Crippen LogP contribution in [0.3, 0.4) is 0 Å². The first-order chi connectivity index (χ1) is 10.7. The van der Waals surface area contributed by atoms with Gasteiger partial charge < -0.3 is 14.6 Å². The fraction of sp³-hybridized carbons (Fsp3) is 0.294. The lowest BCUT2D eigenvalue weighted by molar-refractivity contribution is -0.131. The van der Waals surface area contributed by atoms with Gasteiger partial charge in [0.25, 0.3) is 5.91 Å². The van der Waals surface area contributed by atoms with Crippen LogP contribution in [-0.4, -0.2) is 30.3 Å². The summed E-state index contributed by atoms with van der Waals surface area (Å²) in [4.78, 5) is 25.8. The molecule has 2 aromatic rings. The number of fused-ring (bicyclic) bond motifs is 1. The van der Waals surface area contributed by atoms with Crippen LogP contribution in [0.5, 0.6) is 0 Å². The third-order valence-corrected chi connectivity index (χ3v) is 4.11. The van der Waals surface area contributed by atoms with Crippen molar-refractivity contribution in [1.82, 2.24) is 10.2 Å². The minimum absolute atomic E-state index is 0.0330. The summed E-state index contributed by atoms with van der Waals surface area (Å²) in [5.74, 6) is -0.276. The number of likely N-dealkylation sites (N-methyl/N-ethyl adjacent to an activating group) is 1. The molecule has 0 radical (unpaired) electrons. The second kappa shape index (κ2) is 6.05. The molecule has 22 heavy (non-hydrogen) atoms. The van der Waals surface area contributed by atoms with Crippen LogP contribution in [0, 0.1) is 0 Å². The van der Waals surface area contributed by atoms with Gasteiger partial charge in [0.05, 0.1) is 18.8 Å². The molecule has 1 atom stereocenters. The van der Waals surface area contributed by atoms with E-state index in [1.807, 2.05) is 12.1 Å². The molecule has 0 bridgehead atoms. The van der Waals surface area contributed by atoms with Gasteiger partial charge in [-0.05, 0) is 36.1 Å². The number of aryl methyl sites for hydroxylation is 1. The lowest BCUT2D eigenvalue weighted by atomic mass is 10.1. The van der Waals surface area contributed by atoms with Gasteiger partial charge in [-0.15, -0.1) is 0 Å². The quantitative estimate of drug-likeness (QED) is 0.941. The minimum Gasteiger partial charge on any atom is -0.459 e. The Morgan fingerprint density at radius 2 is 2.09 bits per heavy atom. The molecule has 0 fully saturated rings. The van der Waals surface area contributed by atoms with Crippen LogP contribution in [0.25, 0.3) is 0 Å². The third-order valence-electron chi connectivity index (χ3n) is 4.11. The third kappa shape index (κ3) is 2.74. The van der Waals surface area contributed by atoms with Gasteiger partial charge in [0.15, 0.2) is 5.76 Å². The van der Waals surface area contributed by atoms with E-state index in [1.54, 1.807) is 24.1 Å². The lowest BCUT2D eigenvalue weighted by Crippen LogP contribution is -2.39. The van der Waals surface area contributed by atoms with Gasteiger partial charge in [-0.2, -0.15) is 0 Å². The number of hydrogen-bond donors (Lipinski definition) is 1. The van der Waals surface area contributed by atoms with Crippen molar-refractivity contribution in [2.75, 3.05) is 13.6 Å². The molecule has 0 saturated heterocycles. The van der Waals surface area contributed by atoms with Crippen molar-refractivity contribution in [1.29, 1.82) is 0 Å². The van der Waals surface area contributed by atoms with E-state index in [1.165, 1.54) is 17.4 Å². The molecule has 5 nitrogen and oxygen atoms in total. The maximum absolute atomic E-state index is 12.3. The van der Waals surface area contributed by atoms with Gasteiger partial charge in [-0.3, -0.25) is 9.59 Å². The average Bonchev–Trinajstić information content (AvgIpc) is 3.20. The number of carbonyl (C=O) groups is 2. The molecule has 1 N–H and O–H groups in total. The predicted molar refractivity (Wildman–Crippen MR) is 81.3 cm³/mol. The van der Waals surface area contributed by atoms with Gasteiger partial charge in [-0.1, -0.05) is 24.3 Å². The number of nitrogens with one attached hydrogen (secondary N) is 1. The first kappa shape index (κ1) is 14.4. The van der Waals surface area contributed by atoms with Crippen LogP contribution in [0.2, 0.25) is 0 Å². The molecule has 1 aromatic carbocycles. The van der Waals surface area contributed by atoms with Crippen LogP contribution < -0.4 is 5.32 Å². The molecule has 1 heterocycles. The average molecular weight is 298 g/mol. The first-order valence-corrected chi connectivity index (χ1v) is 7.32. The zero-order valence-corrected chi connectivity index (χ0v) is 12.4. The van der Waals surface area contributed by atoms with Crippen molar-refractivity contribution < 1.29 is 14.0 Å². The van der Waals surface area contributed by atoms with E-state index in [4.69, 9.17) is 4.42 Å². The van der Waals surface area contributed by atoms with E-state index in [9.17, 15) is 9.59 Å². The predicted octanol–water partition coefficient (Wildman–Crippen LogP) is 2.16. The highest BCUT2D eigenvalue weighted by Gasteiger charge is 2.28. The van der Waals surface area contributed by atoms with Crippen molar-refractivity contribution in [2.45, 2.75) is 18.9 Å². The fourth-order valence-corrected chi connectivity index (χ4v) is 2.89. The summed E-state index contributed by atoms with van der Waals surface area (Å²) in [6.45, 7) is -0.0330. The van der Waals surface area contributed by atoms with Crippen LogP contribution in [0.4, 0.5) is 0 Å². The van der Waals surface area contributed by atoms with Gasteiger partial charge in [0, 0.05) is 7.05 Å². The number of amides is 2. The molecule has 3 rings (SSSR count). The summed E-state index contributed by atoms with van der Waals surface area (Å²) in [5.41, 5.74) is 2.50. The zero-order valence-electron chi connectivity index (χ0n) is 12.4. The Morgan fingerprint density at radius 3 is 2.86 bits per heavy atom. The molecule has 1 aliphatic carbocycles. The van der Waals surface area contributed by atoms with Crippen molar-refractivity contribution in [3.8, 4) is 0 Å². The maximum atomic E-state index is 12.3. The highest BCUT2D eigenvalue weighted by atomic mass is 16.3. The molecule has 2 amide bonds. The largest absolute Gasteiger partial charge is 0.459 e. The Bertz CT molecular complexity index is 679. The number of furan rings is 1. The molecule has 0 spiro atoms. The number of carbonyl (C=O) groups excluding carboxylic acids is 2. The second-order valence-corrected chi connectivity index (χ2v) is 5.42. The summed E-state index contributed by atoms with van der Waals surface area (Å²) in [6, 6.07) is 11.5. The molecular weight excluding hydrogens is 280 g/mol. The van der Waals surface area contributed by atoms with Crippen molar-refractivity contribution in [3.05, 3.63) is 59.5 Å². The Hall–Kier alpha value is -2.56. The Morgan fingerprint density at radius 1 is 1.27 bits per heavy atom. The molecule has 0 saturated carbocycles. The van der Waals surface area contributed by atoms with E-state index < -0.39 is 0 Å². The van der Waals surface area contributed by atoms with E-state index in [2.05, 4.69) is 17.4 Å². The number of rotatable bonds is 4. The summed E-state index contributed by atoms with van der Waals surface area (Å²) < 4.78 is 5.00. The minimum atomic E-state index is -0.376. The standard InChI is InChI=1S/C17H18N2O3/c1-19(14-9-8-12-5-2-3-6-13(12)14)16(20)11-18-17(21)15-7-4-10-22-15/h2-7,10,14H,8-9,11H2,1H3,(H,18,21)/t14-/m1/s1. The summed E-state index contributed by atoms with van der Waals surface area (Å²) in [6.07, 6.45) is 3.34. The Labute approximate surface area is 128 Å². The van der Waals surface area contributed by atoms with Crippen molar-refractivity contribution in [2.24, 2.45) is 0 Å². The Kier molecular flexibility index (Phi) is 3.96. The molecule has 0 unspecified atom stereocenters. The normalized spacial score (nSPS) is 16.1. The molecule has 0 aliphatic heterocycles. The molecular formula is C17H18N2O3. The second-order valence-electron chi connectivity index (χ2n) is 5.42. The van der Waals surface area contributed by atoms with Gasteiger partial charge in [0.2, 0.25) is 5.91 Å². The smallest absolute Gasteiger partial charge is 0.287 e. The van der Waals surface area contributed by atoms with Crippen LogP contribution in [0.15, 0.2) is 47.1 Å². The number of nitrogens with zero attached hydrogens (tertiary/aromatic N) is 1. The fourth-order valence-electron chi connectivity index (χ4n) is 2.89. The highest BCUT2D eigenvalue weighted by molar-refractivity contribution is 5.94. The maximum Gasteiger partial charge on any atom is 0.287 e. The van der Waals surface area contributed by atoms with Crippen LogP contribution in [-0.2, 0) is 11.2 Å². The summed E-state index contributed by atoms with van der Waals surface area (Å²) in [5, 5.41) is 2.59. The van der Waals surface area contributed by atoms with E-state index in [-0.39, 0.29) is 30.2 Å². The summed E-state index contributed by atoms with van der Waals surface area (Å²) in [7, 11) is 1.79. The lowest BCUT2D eigenvalue weighted by Gasteiger charge is -2.25. The van der Waals surface area contributed by atoms with E-state index in [0.29, 0.717) is 0 Å². The van der Waals surface area contributed by atoms with E-state index >= 15 is 0 Å². The topological polar surface area (TPSA) is 62.6 Å². The zero-order chi connectivity index (χ0) is 15.5.